The van der Waals surface area contributed by atoms with Gasteiger partial charge in [-0.1, -0.05) is 27.7 Å². The Labute approximate surface area is 147 Å². The highest BCUT2D eigenvalue weighted by atomic mass is 35.5. The van der Waals surface area contributed by atoms with E-state index in [0.29, 0.717) is 18.3 Å². The van der Waals surface area contributed by atoms with E-state index in [0.717, 1.165) is 13.0 Å². The van der Waals surface area contributed by atoms with Gasteiger partial charge in [-0.15, -0.1) is 23.2 Å². The van der Waals surface area contributed by atoms with E-state index in [1.807, 2.05) is 0 Å². The normalized spacial score (nSPS) is 29.2. The molecule has 0 aromatic heterocycles. The molecule has 0 aromatic rings. The number of rotatable bonds is 5. The topological polar surface area (TPSA) is 49.7 Å². The highest BCUT2D eigenvalue weighted by Gasteiger charge is 2.43. The van der Waals surface area contributed by atoms with Crippen LogP contribution in [0.1, 0.15) is 40.5 Å². The van der Waals surface area contributed by atoms with Crippen molar-refractivity contribution >= 4 is 31.5 Å². The van der Waals surface area contributed by atoms with Crippen LogP contribution in [0.25, 0.3) is 0 Å². The molecule has 4 atom stereocenters. The lowest BCUT2D eigenvalue weighted by atomic mass is 9.89. The maximum absolute atomic E-state index is 10.1. The average Bonchev–Trinajstić information content (AvgIpc) is 2.62. The molecule has 2 N–H and O–H groups in total. The summed E-state index contributed by atoms with van der Waals surface area (Å²) in [5.74, 6) is 1.07. The van der Waals surface area contributed by atoms with Crippen molar-refractivity contribution in [1.82, 2.24) is 0 Å². The van der Waals surface area contributed by atoms with E-state index in [1.54, 1.807) is 0 Å². The van der Waals surface area contributed by atoms with Crippen molar-refractivity contribution in [3.8, 4) is 0 Å². The molecule has 0 saturated heterocycles. The number of alkyl halides is 2. The number of aliphatic hydroxyl groups is 2. The van der Waals surface area contributed by atoms with E-state index in [2.05, 4.69) is 40.8 Å². The van der Waals surface area contributed by atoms with Crippen LogP contribution in [0.15, 0.2) is 0 Å². The molecule has 1 saturated carbocycles. The minimum atomic E-state index is -1.72. The molecule has 0 bridgehead atoms. The van der Waals surface area contributed by atoms with E-state index in [4.69, 9.17) is 32.7 Å². The van der Waals surface area contributed by atoms with Gasteiger partial charge in [-0.25, -0.2) is 0 Å². The standard InChI is InChI=1S/C15H32O3Si.CH2Cl2/c1-11-9-14(17)12(7-8-16)13(11)10-18-19(5,6)15(2,3)4;2-1-3/h11-14,16-17H,7-10H2,1-6H3;1H2/t11-,12-,13+,14+;/m1./s1. The second-order valence-corrected chi connectivity index (χ2v) is 13.4. The number of hydrogen-bond acceptors (Lipinski definition) is 3. The van der Waals surface area contributed by atoms with Gasteiger partial charge in [-0.3, -0.25) is 0 Å². The van der Waals surface area contributed by atoms with Gasteiger partial charge in [0.05, 0.1) is 11.4 Å². The van der Waals surface area contributed by atoms with Gasteiger partial charge < -0.3 is 14.6 Å². The number of hydrogen-bond donors (Lipinski definition) is 2. The Morgan fingerprint density at radius 3 is 2.09 bits per heavy atom. The van der Waals surface area contributed by atoms with E-state index in [1.165, 1.54) is 0 Å². The average molecular weight is 373 g/mol. The van der Waals surface area contributed by atoms with Gasteiger partial charge in [0.25, 0.3) is 0 Å². The summed E-state index contributed by atoms with van der Waals surface area (Å²) in [5, 5.41) is 19.7. The third-order valence-electron chi connectivity index (χ3n) is 5.29. The van der Waals surface area contributed by atoms with Crippen LogP contribution >= 0.6 is 23.2 Å². The fraction of sp³-hybridized carbons (Fsp3) is 1.00. The third-order valence-corrected chi connectivity index (χ3v) is 9.79. The van der Waals surface area contributed by atoms with Crippen molar-refractivity contribution < 1.29 is 14.6 Å². The second kappa shape index (κ2) is 9.85. The highest BCUT2D eigenvalue weighted by Crippen LogP contribution is 2.42. The molecule has 0 aliphatic heterocycles. The lowest BCUT2D eigenvalue weighted by Gasteiger charge is -2.38. The number of aliphatic hydroxyl groups excluding tert-OH is 2. The third kappa shape index (κ3) is 6.66. The molecule has 1 aliphatic rings. The Hall–Kier alpha value is 0.677. The summed E-state index contributed by atoms with van der Waals surface area (Å²) in [6.07, 6.45) is 1.27. The summed E-state index contributed by atoms with van der Waals surface area (Å²) in [7, 11) is -1.72. The molecular formula is C16H34Cl2O3Si. The molecular weight excluding hydrogens is 339 g/mol. The Morgan fingerprint density at radius 1 is 1.18 bits per heavy atom. The molecule has 0 amide bonds. The van der Waals surface area contributed by atoms with Gasteiger partial charge in [0.1, 0.15) is 0 Å². The molecule has 1 rings (SSSR count). The van der Waals surface area contributed by atoms with Gasteiger partial charge >= 0.3 is 0 Å². The Morgan fingerprint density at radius 2 is 1.68 bits per heavy atom. The van der Waals surface area contributed by atoms with Crippen LogP contribution in [0.4, 0.5) is 0 Å². The fourth-order valence-electron chi connectivity index (χ4n) is 2.80. The zero-order valence-corrected chi connectivity index (χ0v) is 17.4. The SMILES string of the molecule is C[C@@H]1C[C@H](O)[C@H](CCO)[C@H]1CO[Si](C)(C)C(C)(C)C.ClCCl. The van der Waals surface area contributed by atoms with Gasteiger partial charge in [0.2, 0.25) is 0 Å². The largest absolute Gasteiger partial charge is 0.417 e. The van der Waals surface area contributed by atoms with E-state index >= 15 is 0 Å². The fourth-order valence-corrected chi connectivity index (χ4v) is 3.84. The first-order valence-corrected chi connectivity index (χ1v) is 12.0. The molecule has 0 radical (unpaired) electrons. The molecule has 0 unspecified atom stereocenters. The molecule has 3 nitrogen and oxygen atoms in total. The zero-order valence-electron chi connectivity index (χ0n) is 14.9. The molecule has 1 fully saturated rings. The van der Waals surface area contributed by atoms with Crippen LogP contribution in [0.3, 0.4) is 0 Å². The molecule has 0 aromatic carbocycles. The molecule has 134 valence electrons. The summed E-state index contributed by atoms with van der Waals surface area (Å²) < 4.78 is 6.32. The maximum atomic E-state index is 10.1. The smallest absolute Gasteiger partial charge is 0.191 e. The molecule has 22 heavy (non-hydrogen) atoms. The Kier molecular flexibility index (Phi) is 10.2. The molecule has 6 heteroatoms. The highest BCUT2D eigenvalue weighted by molar-refractivity contribution is 6.74. The zero-order chi connectivity index (χ0) is 17.6. The van der Waals surface area contributed by atoms with E-state index in [-0.39, 0.29) is 29.0 Å². The van der Waals surface area contributed by atoms with Crippen molar-refractivity contribution in [3.63, 3.8) is 0 Å². The monoisotopic (exact) mass is 372 g/mol. The minimum Gasteiger partial charge on any atom is -0.417 e. The maximum Gasteiger partial charge on any atom is 0.191 e. The van der Waals surface area contributed by atoms with Crippen molar-refractivity contribution in [2.45, 2.75) is 64.8 Å². The lowest BCUT2D eigenvalue weighted by molar-refractivity contribution is 0.0785. The minimum absolute atomic E-state index is 0.158. The second-order valence-electron chi connectivity index (χ2n) is 7.79. The quantitative estimate of drug-likeness (QED) is 0.553. The van der Waals surface area contributed by atoms with Gasteiger partial charge in [-0.05, 0) is 48.7 Å². The first kappa shape index (κ1) is 22.7. The summed E-state index contributed by atoms with van der Waals surface area (Å²) in [6, 6.07) is 0. The van der Waals surface area contributed by atoms with Crippen LogP contribution in [0.2, 0.25) is 18.1 Å². The summed E-state index contributed by atoms with van der Waals surface area (Å²) >= 11 is 9.53. The summed E-state index contributed by atoms with van der Waals surface area (Å²) in [4.78, 5) is 0. The summed E-state index contributed by atoms with van der Waals surface area (Å²) in [5.41, 5.74) is 0. The van der Waals surface area contributed by atoms with Crippen LogP contribution in [-0.4, -0.2) is 43.2 Å². The Balaban J connectivity index is 0.00000135. The molecule has 0 heterocycles. The summed E-state index contributed by atoms with van der Waals surface area (Å²) in [6.45, 7) is 14.4. The van der Waals surface area contributed by atoms with E-state index < -0.39 is 8.32 Å². The predicted molar refractivity (Wildman–Crippen MR) is 98.2 cm³/mol. The Bertz CT molecular complexity index is 308. The van der Waals surface area contributed by atoms with E-state index in [9.17, 15) is 5.11 Å². The van der Waals surface area contributed by atoms with Gasteiger partial charge in [0, 0.05) is 13.2 Å². The van der Waals surface area contributed by atoms with Crippen molar-refractivity contribution in [2.75, 3.05) is 18.6 Å². The predicted octanol–water partition coefficient (Wildman–Crippen LogP) is 4.45. The van der Waals surface area contributed by atoms with Crippen LogP contribution in [0.5, 0.6) is 0 Å². The molecule has 1 aliphatic carbocycles. The van der Waals surface area contributed by atoms with Crippen LogP contribution < -0.4 is 0 Å². The van der Waals surface area contributed by atoms with Crippen molar-refractivity contribution in [1.29, 1.82) is 0 Å². The van der Waals surface area contributed by atoms with Crippen LogP contribution in [0, 0.1) is 17.8 Å². The van der Waals surface area contributed by atoms with Crippen molar-refractivity contribution in [3.05, 3.63) is 0 Å². The number of halogens is 2. The first-order chi connectivity index (χ1) is 10.0. The van der Waals surface area contributed by atoms with Crippen LogP contribution in [-0.2, 0) is 4.43 Å². The van der Waals surface area contributed by atoms with Gasteiger partial charge in [-0.2, -0.15) is 0 Å². The van der Waals surface area contributed by atoms with Gasteiger partial charge in [0.15, 0.2) is 8.32 Å². The first-order valence-electron chi connectivity index (χ1n) is 8.06. The lowest BCUT2D eigenvalue weighted by Crippen LogP contribution is -2.43. The molecule has 0 spiro atoms. The van der Waals surface area contributed by atoms with Crippen molar-refractivity contribution in [2.24, 2.45) is 17.8 Å².